The van der Waals surface area contributed by atoms with E-state index in [1.165, 1.54) is 16.9 Å². The van der Waals surface area contributed by atoms with Gasteiger partial charge in [0, 0.05) is 4.88 Å². The van der Waals surface area contributed by atoms with E-state index in [1.807, 2.05) is 11.3 Å². The number of hydrogen-bond acceptors (Lipinski definition) is 2. The summed E-state index contributed by atoms with van der Waals surface area (Å²) in [5.41, 5.74) is 1.50. The van der Waals surface area contributed by atoms with Gasteiger partial charge in [0.05, 0.1) is 0 Å². The van der Waals surface area contributed by atoms with Crippen LogP contribution in [0.2, 0.25) is 0 Å². The van der Waals surface area contributed by atoms with Gasteiger partial charge in [-0.15, -0.1) is 11.3 Å². The van der Waals surface area contributed by atoms with Crippen molar-refractivity contribution in [3.63, 3.8) is 0 Å². The van der Waals surface area contributed by atoms with Crippen LogP contribution in [0.25, 0.3) is 0 Å². The van der Waals surface area contributed by atoms with Gasteiger partial charge in [-0.25, -0.2) is 0 Å². The highest BCUT2D eigenvalue weighted by Gasteiger charge is 2.05. The Bertz CT molecular complexity index is 242. The van der Waals surface area contributed by atoms with Gasteiger partial charge in [-0.2, -0.15) is 0 Å². The largest absolute Gasteiger partial charge is 0.317 e. The number of thiophene rings is 1. The van der Waals surface area contributed by atoms with E-state index in [0.717, 1.165) is 13.1 Å². The summed E-state index contributed by atoms with van der Waals surface area (Å²) in [7, 11) is 0. The van der Waals surface area contributed by atoms with Gasteiger partial charge in [-0.1, -0.05) is 13.8 Å². The third-order valence-electron chi connectivity index (χ3n) is 2.32. The molecule has 1 nitrogen and oxygen atoms in total. The molecule has 1 atom stereocenters. The minimum Gasteiger partial charge on any atom is -0.317 e. The van der Waals surface area contributed by atoms with Gasteiger partial charge in [0.15, 0.2) is 0 Å². The summed E-state index contributed by atoms with van der Waals surface area (Å²) in [6, 6.07) is 2.31. The summed E-state index contributed by atoms with van der Waals surface area (Å²) in [5.74, 6) is 0.698. The standard InChI is InChI=1S/C11H19NS/c1-4-12-6-5-9(2)11-7-10(3)13-8-11/h7-9,12H,4-6H2,1-3H3. The van der Waals surface area contributed by atoms with Crippen LogP contribution in [0.3, 0.4) is 0 Å². The summed E-state index contributed by atoms with van der Waals surface area (Å²) in [5, 5.41) is 5.64. The first-order chi connectivity index (χ1) is 6.24. The predicted molar refractivity (Wildman–Crippen MR) is 60.6 cm³/mol. The highest BCUT2D eigenvalue weighted by Crippen LogP contribution is 2.23. The zero-order chi connectivity index (χ0) is 9.68. The van der Waals surface area contributed by atoms with Crippen LogP contribution < -0.4 is 5.32 Å². The normalized spacial score (nSPS) is 13.2. The second-order valence-corrected chi connectivity index (χ2v) is 4.65. The van der Waals surface area contributed by atoms with Crippen LogP contribution in [0.4, 0.5) is 0 Å². The SMILES string of the molecule is CCNCCC(C)c1csc(C)c1. The zero-order valence-corrected chi connectivity index (χ0v) is 9.58. The maximum atomic E-state index is 3.36. The Morgan fingerprint density at radius 1 is 1.54 bits per heavy atom. The lowest BCUT2D eigenvalue weighted by molar-refractivity contribution is 0.610. The van der Waals surface area contributed by atoms with Crippen LogP contribution in [0.15, 0.2) is 11.4 Å². The molecule has 1 aromatic heterocycles. The molecule has 0 bridgehead atoms. The Kier molecular flexibility index (Phi) is 4.46. The van der Waals surface area contributed by atoms with Gasteiger partial charge in [0.2, 0.25) is 0 Å². The van der Waals surface area contributed by atoms with Crippen molar-refractivity contribution < 1.29 is 0 Å². The molecule has 1 rings (SSSR count). The average molecular weight is 197 g/mol. The highest BCUT2D eigenvalue weighted by atomic mass is 32.1. The number of hydrogen-bond donors (Lipinski definition) is 1. The zero-order valence-electron chi connectivity index (χ0n) is 8.76. The Morgan fingerprint density at radius 2 is 2.31 bits per heavy atom. The van der Waals surface area contributed by atoms with Crippen molar-refractivity contribution in [3.8, 4) is 0 Å². The minimum absolute atomic E-state index is 0.698. The molecule has 2 heteroatoms. The Labute approximate surface area is 85.2 Å². The lowest BCUT2D eigenvalue weighted by atomic mass is 10.0. The van der Waals surface area contributed by atoms with E-state index in [9.17, 15) is 0 Å². The average Bonchev–Trinajstić information content (AvgIpc) is 2.52. The summed E-state index contributed by atoms with van der Waals surface area (Å²) >= 11 is 1.85. The van der Waals surface area contributed by atoms with E-state index in [1.54, 1.807) is 0 Å². The molecule has 74 valence electrons. The molecule has 1 unspecified atom stereocenters. The van der Waals surface area contributed by atoms with Crippen LogP contribution in [-0.2, 0) is 0 Å². The fraction of sp³-hybridized carbons (Fsp3) is 0.636. The van der Waals surface area contributed by atoms with Crippen LogP contribution in [0.5, 0.6) is 0 Å². The van der Waals surface area contributed by atoms with Gasteiger partial charge < -0.3 is 5.32 Å². The van der Waals surface area contributed by atoms with Crippen LogP contribution in [0, 0.1) is 6.92 Å². The predicted octanol–water partition coefficient (Wildman–Crippen LogP) is 3.16. The van der Waals surface area contributed by atoms with E-state index < -0.39 is 0 Å². The Hall–Kier alpha value is -0.340. The summed E-state index contributed by atoms with van der Waals surface area (Å²) in [4.78, 5) is 1.42. The molecule has 0 spiro atoms. The lowest BCUT2D eigenvalue weighted by Crippen LogP contribution is -2.15. The van der Waals surface area contributed by atoms with Crippen LogP contribution in [0.1, 0.15) is 36.6 Å². The van der Waals surface area contributed by atoms with Crippen molar-refractivity contribution in [2.45, 2.75) is 33.1 Å². The smallest absolute Gasteiger partial charge is 0.00171 e. The highest BCUT2D eigenvalue weighted by molar-refractivity contribution is 7.10. The first-order valence-corrected chi connectivity index (χ1v) is 5.87. The number of nitrogens with one attached hydrogen (secondary N) is 1. The molecule has 1 aromatic rings. The van der Waals surface area contributed by atoms with Crippen LogP contribution >= 0.6 is 11.3 Å². The summed E-state index contributed by atoms with van der Waals surface area (Å²) < 4.78 is 0. The molecular weight excluding hydrogens is 178 g/mol. The van der Waals surface area contributed by atoms with Crippen molar-refractivity contribution in [2.24, 2.45) is 0 Å². The first-order valence-electron chi connectivity index (χ1n) is 4.99. The van der Waals surface area contributed by atoms with Crippen molar-refractivity contribution in [1.82, 2.24) is 5.32 Å². The molecule has 0 saturated carbocycles. The molecule has 13 heavy (non-hydrogen) atoms. The third-order valence-corrected chi connectivity index (χ3v) is 3.20. The lowest BCUT2D eigenvalue weighted by Gasteiger charge is -2.09. The molecule has 1 heterocycles. The van der Waals surface area contributed by atoms with Gasteiger partial charge >= 0.3 is 0 Å². The van der Waals surface area contributed by atoms with Crippen molar-refractivity contribution >= 4 is 11.3 Å². The van der Waals surface area contributed by atoms with Crippen molar-refractivity contribution in [2.75, 3.05) is 13.1 Å². The topological polar surface area (TPSA) is 12.0 Å². The third kappa shape index (κ3) is 3.49. The molecule has 0 amide bonds. The van der Waals surface area contributed by atoms with E-state index in [-0.39, 0.29) is 0 Å². The van der Waals surface area contributed by atoms with Crippen LogP contribution in [-0.4, -0.2) is 13.1 Å². The van der Waals surface area contributed by atoms with Crippen molar-refractivity contribution in [1.29, 1.82) is 0 Å². The minimum atomic E-state index is 0.698. The molecule has 0 fully saturated rings. The van der Waals surface area contributed by atoms with Gasteiger partial charge in [0.1, 0.15) is 0 Å². The summed E-state index contributed by atoms with van der Waals surface area (Å²) in [6.07, 6.45) is 1.24. The summed E-state index contributed by atoms with van der Waals surface area (Å²) in [6.45, 7) is 8.84. The first kappa shape index (κ1) is 10.7. The van der Waals surface area contributed by atoms with Gasteiger partial charge in [0.25, 0.3) is 0 Å². The second-order valence-electron chi connectivity index (χ2n) is 3.53. The fourth-order valence-corrected chi connectivity index (χ4v) is 2.21. The molecule has 0 radical (unpaired) electrons. The molecule has 0 saturated heterocycles. The maximum Gasteiger partial charge on any atom is 0.00171 e. The molecular formula is C11H19NS. The van der Waals surface area contributed by atoms with Crippen molar-refractivity contribution in [3.05, 3.63) is 21.9 Å². The van der Waals surface area contributed by atoms with Gasteiger partial charge in [-0.05, 0) is 49.4 Å². The molecule has 0 aromatic carbocycles. The van der Waals surface area contributed by atoms with E-state index in [2.05, 4.69) is 37.5 Å². The molecule has 0 aliphatic rings. The second kappa shape index (κ2) is 5.40. The van der Waals surface area contributed by atoms with Gasteiger partial charge in [-0.3, -0.25) is 0 Å². The number of aryl methyl sites for hydroxylation is 1. The fourth-order valence-electron chi connectivity index (χ4n) is 1.38. The Balaban J connectivity index is 2.35. The van der Waals surface area contributed by atoms with E-state index in [0.29, 0.717) is 5.92 Å². The Morgan fingerprint density at radius 3 is 2.85 bits per heavy atom. The van der Waals surface area contributed by atoms with E-state index >= 15 is 0 Å². The molecule has 0 aliphatic carbocycles. The molecule has 0 aliphatic heterocycles. The van der Waals surface area contributed by atoms with E-state index in [4.69, 9.17) is 0 Å². The maximum absolute atomic E-state index is 3.36. The quantitative estimate of drug-likeness (QED) is 0.715. The molecule has 1 N–H and O–H groups in total. The monoisotopic (exact) mass is 197 g/mol. The number of rotatable bonds is 5.